The molecule has 1 aromatic heterocycles. The van der Waals surface area contributed by atoms with Crippen LogP contribution in [0, 0.1) is 13.8 Å². The maximum atomic E-state index is 10.4. The quantitative estimate of drug-likeness (QED) is 0.924. The maximum Gasteiger partial charge on any atom is 0.122 e. The van der Waals surface area contributed by atoms with Crippen LogP contribution in [-0.4, -0.2) is 14.9 Å². The molecule has 4 heteroatoms. The van der Waals surface area contributed by atoms with E-state index in [9.17, 15) is 5.11 Å². The Morgan fingerprint density at radius 2 is 2.06 bits per heavy atom. The van der Waals surface area contributed by atoms with E-state index >= 15 is 0 Å². The molecule has 2 aromatic rings. The van der Waals surface area contributed by atoms with Gasteiger partial charge in [0.15, 0.2) is 0 Å². The molecule has 0 amide bonds. The summed E-state index contributed by atoms with van der Waals surface area (Å²) in [6.07, 6.45) is 0.837. The van der Waals surface area contributed by atoms with Crippen molar-refractivity contribution >= 4 is 11.6 Å². The number of aliphatic hydroxyl groups excluding tert-OH is 1. The van der Waals surface area contributed by atoms with E-state index in [0.717, 1.165) is 11.1 Å². The van der Waals surface area contributed by atoms with Crippen molar-refractivity contribution in [3.63, 3.8) is 0 Å². The molecule has 0 aliphatic rings. The standard InChI is InChI=1S/C14H17ClN2O/c1-4-17-13(12(15)8-16-17)14(18)11-6-5-9(2)10(3)7-11/h5-8,14,18H,4H2,1-3H3. The Balaban J connectivity index is 2.44. The molecule has 1 aromatic carbocycles. The lowest BCUT2D eigenvalue weighted by atomic mass is 10.0. The van der Waals surface area contributed by atoms with Crippen molar-refractivity contribution < 1.29 is 5.11 Å². The van der Waals surface area contributed by atoms with E-state index in [-0.39, 0.29) is 0 Å². The first-order valence-electron chi connectivity index (χ1n) is 6.01. The molecule has 0 aliphatic heterocycles. The van der Waals surface area contributed by atoms with Gasteiger partial charge in [0.05, 0.1) is 16.9 Å². The molecule has 0 spiro atoms. The van der Waals surface area contributed by atoms with Gasteiger partial charge in [-0.3, -0.25) is 4.68 Å². The Labute approximate surface area is 112 Å². The smallest absolute Gasteiger partial charge is 0.122 e. The Kier molecular flexibility index (Phi) is 3.73. The van der Waals surface area contributed by atoms with Gasteiger partial charge in [0, 0.05) is 6.54 Å². The molecule has 0 bridgehead atoms. The molecule has 1 atom stereocenters. The predicted molar refractivity (Wildman–Crippen MR) is 72.9 cm³/mol. The van der Waals surface area contributed by atoms with Crippen molar-refractivity contribution in [2.24, 2.45) is 0 Å². The molecule has 0 radical (unpaired) electrons. The Morgan fingerprint density at radius 3 is 2.67 bits per heavy atom. The molecule has 18 heavy (non-hydrogen) atoms. The van der Waals surface area contributed by atoms with Crippen molar-refractivity contribution in [1.29, 1.82) is 0 Å². The fourth-order valence-electron chi connectivity index (χ4n) is 1.99. The number of benzene rings is 1. The van der Waals surface area contributed by atoms with Crippen LogP contribution in [0.15, 0.2) is 24.4 Å². The molecular formula is C14H17ClN2O. The van der Waals surface area contributed by atoms with Crippen LogP contribution in [0.3, 0.4) is 0 Å². The molecule has 0 aliphatic carbocycles. The summed E-state index contributed by atoms with van der Waals surface area (Å²) in [5.74, 6) is 0. The number of aryl methyl sites for hydroxylation is 3. The highest BCUT2D eigenvalue weighted by Gasteiger charge is 2.19. The van der Waals surface area contributed by atoms with Crippen molar-refractivity contribution in [3.8, 4) is 0 Å². The summed E-state index contributed by atoms with van der Waals surface area (Å²) in [5.41, 5.74) is 3.86. The highest BCUT2D eigenvalue weighted by molar-refractivity contribution is 6.31. The molecule has 3 nitrogen and oxygen atoms in total. The van der Waals surface area contributed by atoms with Crippen LogP contribution in [0.5, 0.6) is 0 Å². The number of hydrogen-bond acceptors (Lipinski definition) is 2. The van der Waals surface area contributed by atoms with E-state index in [2.05, 4.69) is 12.0 Å². The van der Waals surface area contributed by atoms with Crippen LogP contribution < -0.4 is 0 Å². The summed E-state index contributed by atoms with van der Waals surface area (Å²) < 4.78 is 1.72. The zero-order chi connectivity index (χ0) is 13.3. The Hall–Kier alpha value is -1.32. The van der Waals surface area contributed by atoms with E-state index in [1.807, 2.05) is 32.0 Å². The van der Waals surface area contributed by atoms with E-state index < -0.39 is 6.10 Å². The van der Waals surface area contributed by atoms with Crippen molar-refractivity contribution in [2.75, 3.05) is 0 Å². The van der Waals surface area contributed by atoms with Crippen LogP contribution >= 0.6 is 11.6 Å². The minimum absolute atomic E-state index is 0.502. The van der Waals surface area contributed by atoms with E-state index in [0.29, 0.717) is 17.3 Å². The molecule has 0 saturated heterocycles. The zero-order valence-corrected chi connectivity index (χ0v) is 11.6. The van der Waals surface area contributed by atoms with Gasteiger partial charge in [-0.05, 0) is 37.5 Å². The topological polar surface area (TPSA) is 38.0 Å². The number of halogens is 1. The van der Waals surface area contributed by atoms with Crippen LogP contribution in [-0.2, 0) is 6.54 Å². The average Bonchev–Trinajstić information content (AvgIpc) is 2.73. The van der Waals surface area contributed by atoms with Gasteiger partial charge in [0.1, 0.15) is 6.10 Å². The lowest BCUT2D eigenvalue weighted by molar-refractivity contribution is 0.208. The average molecular weight is 265 g/mol. The fraction of sp³-hybridized carbons (Fsp3) is 0.357. The van der Waals surface area contributed by atoms with Crippen LogP contribution in [0.2, 0.25) is 5.02 Å². The minimum atomic E-state index is -0.737. The summed E-state index contributed by atoms with van der Waals surface area (Å²) in [6.45, 7) is 6.74. The molecule has 1 unspecified atom stereocenters. The van der Waals surface area contributed by atoms with Crippen LogP contribution in [0.4, 0.5) is 0 Å². The molecule has 96 valence electrons. The third-order valence-electron chi connectivity index (χ3n) is 3.24. The molecule has 1 heterocycles. The van der Waals surface area contributed by atoms with E-state index in [1.54, 1.807) is 10.9 Å². The van der Waals surface area contributed by atoms with Crippen molar-refractivity contribution in [2.45, 2.75) is 33.4 Å². The second-order valence-corrected chi connectivity index (χ2v) is 4.85. The van der Waals surface area contributed by atoms with Gasteiger partial charge in [-0.1, -0.05) is 29.8 Å². The zero-order valence-electron chi connectivity index (χ0n) is 10.8. The normalized spacial score (nSPS) is 12.7. The molecule has 0 saturated carbocycles. The summed E-state index contributed by atoms with van der Waals surface area (Å²) in [7, 11) is 0. The minimum Gasteiger partial charge on any atom is -0.382 e. The van der Waals surface area contributed by atoms with Gasteiger partial charge < -0.3 is 5.11 Å². The van der Waals surface area contributed by atoms with Crippen molar-refractivity contribution in [1.82, 2.24) is 9.78 Å². The lowest BCUT2D eigenvalue weighted by Crippen LogP contribution is -2.09. The Bertz CT molecular complexity index is 563. The summed E-state index contributed by atoms with van der Waals surface area (Å²) in [6, 6.07) is 5.92. The molecule has 0 fully saturated rings. The molecule has 2 rings (SSSR count). The third kappa shape index (κ3) is 2.28. The van der Waals surface area contributed by atoms with Crippen LogP contribution in [0.25, 0.3) is 0 Å². The maximum absolute atomic E-state index is 10.4. The predicted octanol–water partition coefficient (Wildman–Crippen LogP) is 3.25. The second kappa shape index (κ2) is 5.12. The molecule has 1 N–H and O–H groups in total. The molecular weight excluding hydrogens is 248 g/mol. The highest BCUT2D eigenvalue weighted by Crippen LogP contribution is 2.29. The van der Waals surface area contributed by atoms with Crippen LogP contribution in [0.1, 0.15) is 35.4 Å². The van der Waals surface area contributed by atoms with E-state index in [4.69, 9.17) is 11.6 Å². The van der Waals surface area contributed by atoms with Gasteiger partial charge in [-0.15, -0.1) is 0 Å². The number of aliphatic hydroxyl groups is 1. The van der Waals surface area contributed by atoms with Gasteiger partial charge in [-0.25, -0.2) is 0 Å². The Morgan fingerprint density at radius 1 is 1.33 bits per heavy atom. The lowest BCUT2D eigenvalue weighted by Gasteiger charge is -2.15. The third-order valence-corrected chi connectivity index (χ3v) is 3.53. The van der Waals surface area contributed by atoms with Crippen molar-refractivity contribution in [3.05, 3.63) is 51.8 Å². The first kappa shape index (κ1) is 13.1. The van der Waals surface area contributed by atoms with Gasteiger partial charge >= 0.3 is 0 Å². The summed E-state index contributed by atoms with van der Waals surface area (Å²) in [5, 5.41) is 15.1. The number of hydrogen-bond donors (Lipinski definition) is 1. The number of aromatic nitrogens is 2. The highest BCUT2D eigenvalue weighted by atomic mass is 35.5. The number of rotatable bonds is 3. The second-order valence-electron chi connectivity index (χ2n) is 4.44. The summed E-state index contributed by atoms with van der Waals surface area (Å²) >= 11 is 6.10. The SMILES string of the molecule is CCn1ncc(Cl)c1C(O)c1ccc(C)c(C)c1. The number of nitrogens with zero attached hydrogens (tertiary/aromatic N) is 2. The van der Waals surface area contributed by atoms with Gasteiger partial charge in [0.2, 0.25) is 0 Å². The fourth-order valence-corrected chi connectivity index (χ4v) is 2.23. The first-order valence-corrected chi connectivity index (χ1v) is 6.38. The summed E-state index contributed by atoms with van der Waals surface area (Å²) in [4.78, 5) is 0. The monoisotopic (exact) mass is 264 g/mol. The van der Waals surface area contributed by atoms with Gasteiger partial charge in [0.25, 0.3) is 0 Å². The largest absolute Gasteiger partial charge is 0.382 e. The van der Waals surface area contributed by atoms with E-state index in [1.165, 1.54) is 5.56 Å². The van der Waals surface area contributed by atoms with Gasteiger partial charge in [-0.2, -0.15) is 5.10 Å². The first-order chi connectivity index (χ1) is 8.54.